The van der Waals surface area contributed by atoms with Crippen LogP contribution in [0.2, 0.25) is 0 Å². The quantitative estimate of drug-likeness (QED) is 0.876. The molecular weight excluding hydrogens is 310 g/mol. The zero-order chi connectivity index (χ0) is 17.8. The second-order valence-corrected chi connectivity index (χ2v) is 7.03. The number of benzene rings is 2. The van der Waals surface area contributed by atoms with Crippen LogP contribution in [0.3, 0.4) is 0 Å². The van der Waals surface area contributed by atoms with Crippen LogP contribution in [0.4, 0.5) is 0 Å². The highest BCUT2D eigenvalue weighted by Crippen LogP contribution is 2.34. The molecule has 3 rings (SSSR count). The summed E-state index contributed by atoms with van der Waals surface area (Å²) in [5, 5.41) is 9.48. The van der Waals surface area contributed by atoms with Crippen molar-refractivity contribution in [3.63, 3.8) is 0 Å². The first-order valence-electron chi connectivity index (χ1n) is 9.21. The molecule has 1 N–H and O–H groups in total. The minimum Gasteiger partial charge on any atom is -0.481 e. The fraction of sp³-hybridized carbons (Fsp3) is 0.409. The molecule has 0 bridgehead atoms. The molecule has 2 aromatic rings. The molecule has 2 unspecified atom stereocenters. The molecule has 25 heavy (non-hydrogen) atoms. The van der Waals surface area contributed by atoms with Gasteiger partial charge in [0.15, 0.2) is 0 Å². The molecular formula is C22H27NO2. The van der Waals surface area contributed by atoms with Crippen molar-refractivity contribution in [3.8, 4) is 0 Å². The minimum absolute atomic E-state index is 0.120. The summed E-state index contributed by atoms with van der Waals surface area (Å²) in [5.74, 6) is -0.940. The number of aryl methyl sites for hydroxylation is 2. The summed E-state index contributed by atoms with van der Waals surface area (Å²) < 4.78 is 0. The van der Waals surface area contributed by atoms with Crippen LogP contribution < -0.4 is 0 Å². The second kappa shape index (κ2) is 7.83. The van der Waals surface area contributed by atoms with Crippen molar-refractivity contribution < 1.29 is 9.90 Å². The normalized spacial score (nSPS) is 19.5. The van der Waals surface area contributed by atoms with Gasteiger partial charge in [-0.3, -0.25) is 9.69 Å². The number of nitrogens with zero attached hydrogens (tertiary/aromatic N) is 1. The summed E-state index contributed by atoms with van der Waals surface area (Å²) >= 11 is 0. The number of carboxylic acid groups (broad SMARTS) is 1. The number of likely N-dealkylation sites (tertiary alicyclic amines) is 1. The minimum atomic E-state index is -0.672. The van der Waals surface area contributed by atoms with E-state index in [9.17, 15) is 9.90 Å². The zero-order valence-corrected chi connectivity index (χ0v) is 15.1. The summed E-state index contributed by atoms with van der Waals surface area (Å²) in [5.41, 5.74) is 5.11. The van der Waals surface area contributed by atoms with Crippen molar-refractivity contribution in [2.24, 2.45) is 5.92 Å². The highest BCUT2D eigenvalue weighted by molar-refractivity contribution is 5.70. The molecule has 1 fully saturated rings. The molecule has 0 aliphatic carbocycles. The third-order valence-corrected chi connectivity index (χ3v) is 5.35. The Bertz CT molecular complexity index is 723. The van der Waals surface area contributed by atoms with E-state index in [2.05, 4.69) is 67.3 Å². The largest absolute Gasteiger partial charge is 0.481 e. The van der Waals surface area contributed by atoms with Gasteiger partial charge in [0.2, 0.25) is 0 Å². The molecule has 2 aromatic carbocycles. The van der Waals surface area contributed by atoms with Gasteiger partial charge in [-0.15, -0.1) is 0 Å². The first-order chi connectivity index (χ1) is 12.1. The predicted octanol–water partition coefficient (Wildman–Crippen LogP) is 4.44. The van der Waals surface area contributed by atoms with Crippen LogP contribution in [0.1, 0.15) is 48.1 Å². The van der Waals surface area contributed by atoms with E-state index in [0.717, 1.165) is 25.8 Å². The molecule has 1 aliphatic heterocycles. The van der Waals surface area contributed by atoms with E-state index in [4.69, 9.17) is 0 Å². The Kier molecular flexibility index (Phi) is 5.54. The van der Waals surface area contributed by atoms with Crippen molar-refractivity contribution in [3.05, 3.63) is 70.8 Å². The van der Waals surface area contributed by atoms with Gasteiger partial charge in [-0.05, 0) is 55.0 Å². The first kappa shape index (κ1) is 17.7. The maximum atomic E-state index is 11.5. The maximum Gasteiger partial charge on any atom is 0.307 e. The van der Waals surface area contributed by atoms with Gasteiger partial charge in [0, 0.05) is 6.54 Å². The summed E-state index contributed by atoms with van der Waals surface area (Å²) in [6.45, 7) is 5.86. The Morgan fingerprint density at radius 3 is 2.56 bits per heavy atom. The average molecular weight is 337 g/mol. The summed E-state index contributed by atoms with van der Waals surface area (Å²) in [4.78, 5) is 13.9. The van der Waals surface area contributed by atoms with Gasteiger partial charge in [-0.1, -0.05) is 55.5 Å². The Morgan fingerprint density at radius 1 is 1.20 bits per heavy atom. The lowest BCUT2D eigenvalue weighted by atomic mass is 9.89. The number of aliphatic carboxylic acids is 1. The van der Waals surface area contributed by atoms with E-state index >= 15 is 0 Å². The third-order valence-electron chi connectivity index (χ3n) is 5.35. The number of carboxylic acids is 1. The Hall–Kier alpha value is -2.13. The molecule has 0 amide bonds. The fourth-order valence-corrected chi connectivity index (χ4v) is 3.86. The lowest BCUT2D eigenvalue weighted by Crippen LogP contribution is -2.41. The van der Waals surface area contributed by atoms with Crippen LogP contribution >= 0.6 is 0 Å². The van der Waals surface area contributed by atoms with Crippen LogP contribution in [0, 0.1) is 12.8 Å². The monoisotopic (exact) mass is 337 g/mol. The molecule has 3 heteroatoms. The molecule has 3 nitrogen and oxygen atoms in total. The van der Waals surface area contributed by atoms with E-state index in [1.54, 1.807) is 0 Å². The van der Waals surface area contributed by atoms with Crippen molar-refractivity contribution in [2.75, 3.05) is 13.1 Å². The van der Waals surface area contributed by atoms with Crippen LogP contribution in [0.15, 0.2) is 48.5 Å². The van der Waals surface area contributed by atoms with Crippen LogP contribution in [0.5, 0.6) is 0 Å². The van der Waals surface area contributed by atoms with Crippen molar-refractivity contribution in [1.29, 1.82) is 0 Å². The van der Waals surface area contributed by atoms with Gasteiger partial charge in [0.1, 0.15) is 0 Å². The fourth-order valence-electron chi connectivity index (χ4n) is 3.86. The van der Waals surface area contributed by atoms with Crippen LogP contribution in [-0.4, -0.2) is 29.1 Å². The number of piperidine rings is 1. The summed E-state index contributed by atoms with van der Waals surface area (Å²) in [7, 11) is 0. The van der Waals surface area contributed by atoms with E-state index in [1.807, 2.05) is 0 Å². The summed E-state index contributed by atoms with van der Waals surface area (Å²) in [6, 6.07) is 17.4. The molecule has 0 saturated carbocycles. The average Bonchev–Trinajstić information content (AvgIpc) is 2.64. The lowest BCUT2D eigenvalue weighted by molar-refractivity contribution is -0.143. The van der Waals surface area contributed by atoms with Gasteiger partial charge in [-0.25, -0.2) is 0 Å². The zero-order valence-electron chi connectivity index (χ0n) is 15.1. The van der Waals surface area contributed by atoms with E-state index < -0.39 is 5.97 Å². The number of rotatable bonds is 5. The highest BCUT2D eigenvalue weighted by Gasteiger charge is 2.31. The molecule has 0 radical (unpaired) electrons. The van der Waals surface area contributed by atoms with Crippen LogP contribution in [0.25, 0.3) is 0 Å². The molecule has 2 atom stereocenters. The molecule has 0 spiro atoms. The van der Waals surface area contributed by atoms with Crippen molar-refractivity contribution in [1.82, 2.24) is 4.90 Å². The predicted molar refractivity (Wildman–Crippen MR) is 101 cm³/mol. The molecule has 1 heterocycles. The van der Waals surface area contributed by atoms with Gasteiger partial charge < -0.3 is 5.11 Å². The smallest absolute Gasteiger partial charge is 0.307 e. The number of carbonyl (C=O) groups is 1. The number of hydrogen-bond acceptors (Lipinski definition) is 2. The SMILES string of the molecule is CCc1ccc(C(c2ccccc2C)N2CCCC(C(=O)O)C2)cc1. The van der Waals surface area contributed by atoms with E-state index in [0.29, 0.717) is 6.54 Å². The molecule has 0 aromatic heterocycles. The van der Waals surface area contributed by atoms with Crippen molar-refractivity contribution >= 4 is 5.97 Å². The standard InChI is InChI=1S/C22H27NO2/c1-3-17-10-12-18(13-11-17)21(20-9-5-4-7-16(20)2)23-14-6-8-19(15-23)22(24)25/h4-5,7,9-13,19,21H,3,6,8,14-15H2,1-2H3,(H,24,25). The Balaban J connectivity index is 1.99. The van der Waals surface area contributed by atoms with Gasteiger partial charge >= 0.3 is 5.97 Å². The van der Waals surface area contributed by atoms with E-state index in [-0.39, 0.29) is 12.0 Å². The topological polar surface area (TPSA) is 40.5 Å². The van der Waals surface area contributed by atoms with Gasteiger partial charge in [-0.2, -0.15) is 0 Å². The number of hydrogen-bond donors (Lipinski definition) is 1. The third kappa shape index (κ3) is 3.93. The van der Waals surface area contributed by atoms with Gasteiger partial charge in [0.05, 0.1) is 12.0 Å². The maximum absolute atomic E-state index is 11.5. The van der Waals surface area contributed by atoms with Gasteiger partial charge in [0.25, 0.3) is 0 Å². The lowest BCUT2D eigenvalue weighted by Gasteiger charge is -2.38. The second-order valence-electron chi connectivity index (χ2n) is 7.03. The Morgan fingerprint density at radius 2 is 1.92 bits per heavy atom. The molecule has 1 saturated heterocycles. The first-order valence-corrected chi connectivity index (χ1v) is 9.21. The molecule has 1 aliphatic rings. The summed E-state index contributed by atoms with van der Waals surface area (Å²) in [6.07, 6.45) is 2.74. The van der Waals surface area contributed by atoms with Crippen LogP contribution in [-0.2, 0) is 11.2 Å². The van der Waals surface area contributed by atoms with E-state index in [1.165, 1.54) is 22.3 Å². The Labute approximate surface area is 150 Å². The van der Waals surface area contributed by atoms with Crippen molar-refractivity contribution in [2.45, 2.75) is 39.2 Å². The molecule has 132 valence electrons. The highest BCUT2D eigenvalue weighted by atomic mass is 16.4.